The molecule has 16 heavy (non-hydrogen) atoms. The Kier molecular flexibility index (Phi) is 3.43. The summed E-state index contributed by atoms with van der Waals surface area (Å²) in [7, 11) is 0. The van der Waals surface area contributed by atoms with Gasteiger partial charge in [0, 0.05) is 5.56 Å². The first-order valence-electron chi connectivity index (χ1n) is 5.33. The van der Waals surface area contributed by atoms with Crippen LogP contribution in [-0.4, -0.2) is 16.2 Å². The molecule has 0 saturated carbocycles. The number of rotatable bonds is 3. The van der Waals surface area contributed by atoms with Gasteiger partial charge in [-0.05, 0) is 17.9 Å². The second-order valence-corrected chi connectivity index (χ2v) is 4.87. The third-order valence-electron chi connectivity index (χ3n) is 2.47. The fraction of sp³-hybridized carbons (Fsp3) is 0.583. The summed E-state index contributed by atoms with van der Waals surface area (Å²) in [6.07, 6.45) is -0.245. The molecule has 1 rings (SSSR count). The molecule has 1 heterocycles. The van der Waals surface area contributed by atoms with E-state index in [1.165, 1.54) is 0 Å². The molecule has 0 fully saturated rings. The summed E-state index contributed by atoms with van der Waals surface area (Å²) in [5, 5.41) is 18.6. The average Bonchev–Trinajstić information content (AvgIpc) is 2.60. The highest BCUT2D eigenvalue weighted by atomic mass is 16.4. The van der Waals surface area contributed by atoms with Crippen molar-refractivity contribution in [3.63, 3.8) is 0 Å². The van der Waals surface area contributed by atoms with Crippen LogP contribution in [0, 0.1) is 0 Å². The zero-order valence-corrected chi connectivity index (χ0v) is 10.1. The van der Waals surface area contributed by atoms with Gasteiger partial charge in [-0.3, -0.25) is 0 Å². The van der Waals surface area contributed by atoms with Crippen LogP contribution in [0.15, 0.2) is 10.5 Å². The maximum Gasteiger partial charge on any atom is 0.372 e. The predicted octanol–water partition coefficient (Wildman–Crippen LogP) is 2.72. The minimum Gasteiger partial charge on any atom is -0.475 e. The van der Waals surface area contributed by atoms with Gasteiger partial charge in [-0.15, -0.1) is 0 Å². The van der Waals surface area contributed by atoms with Crippen molar-refractivity contribution in [3.8, 4) is 0 Å². The van der Waals surface area contributed by atoms with Crippen molar-refractivity contribution in [1.29, 1.82) is 0 Å². The van der Waals surface area contributed by atoms with E-state index < -0.39 is 12.1 Å². The van der Waals surface area contributed by atoms with Crippen LogP contribution in [0.25, 0.3) is 0 Å². The van der Waals surface area contributed by atoms with Crippen LogP contribution in [-0.2, 0) is 5.41 Å². The third kappa shape index (κ3) is 2.44. The van der Waals surface area contributed by atoms with Crippen LogP contribution in [0.4, 0.5) is 0 Å². The minimum absolute atomic E-state index is 0.0741. The number of aromatic carboxylic acids is 1. The first kappa shape index (κ1) is 12.8. The van der Waals surface area contributed by atoms with Crippen molar-refractivity contribution in [2.45, 2.75) is 45.6 Å². The lowest BCUT2D eigenvalue weighted by Gasteiger charge is -2.16. The Morgan fingerprint density at radius 3 is 2.38 bits per heavy atom. The van der Waals surface area contributed by atoms with E-state index in [1.54, 1.807) is 6.07 Å². The number of aliphatic hydroxyl groups is 1. The number of carbonyl (C=O) groups is 1. The van der Waals surface area contributed by atoms with Crippen molar-refractivity contribution in [1.82, 2.24) is 0 Å². The van der Waals surface area contributed by atoms with E-state index in [9.17, 15) is 9.90 Å². The average molecular weight is 226 g/mol. The molecule has 0 aromatic carbocycles. The van der Waals surface area contributed by atoms with Crippen LogP contribution in [0.1, 0.15) is 62.1 Å². The van der Waals surface area contributed by atoms with Gasteiger partial charge in [0.1, 0.15) is 11.9 Å². The molecular weight excluding hydrogens is 208 g/mol. The molecule has 4 nitrogen and oxygen atoms in total. The number of carboxylic acid groups (broad SMARTS) is 1. The zero-order chi connectivity index (χ0) is 12.5. The van der Waals surface area contributed by atoms with Gasteiger partial charge in [-0.1, -0.05) is 27.7 Å². The first-order chi connectivity index (χ1) is 7.27. The molecule has 0 aliphatic carbocycles. The number of hydrogen-bond acceptors (Lipinski definition) is 3. The zero-order valence-electron chi connectivity index (χ0n) is 10.1. The maximum atomic E-state index is 11.0. The number of aliphatic hydroxyl groups excluding tert-OH is 1. The van der Waals surface area contributed by atoms with Gasteiger partial charge < -0.3 is 14.6 Å². The van der Waals surface area contributed by atoms with E-state index in [4.69, 9.17) is 9.52 Å². The Morgan fingerprint density at radius 2 is 2.06 bits per heavy atom. The van der Waals surface area contributed by atoms with E-state index in [0.717, 1.165) is 0 Å². The molecule has 0 aliphatic heterocycles. The number of hydrogen-bond donors (Lipinski definition) is 2. The standard InChI is InChI=1S/C12H18O4/c1-5-8(13)9-6-7(12(2,3)4)10(16-9)11(14)15/h6,8,13H,5H2,1-4H3,(H,14,15)/t8-/m0/s1. The Hall–Kier alpha value is -1.29. The maximum absolute atomic E-state index is 11.0. The predicted molar refractivity (Wildman–Crippen MR) is 59.6 cm³/mol. The highest BCUT2D eigenvalue weighted by molar-refractivity contribution is 5.86. The molecule has 0 amide bonds. The van der Waals surface area contributed by atoms with Crippen LogP contribution >= 0.6 is 0 Å². The lowest BCUT2D eigenvalue weighted by Crippen LogP contribution is -2.14. The number of furan rings is 1. The van der Waals surface area contributed by atoms with Crippen molar-refractivity contribution in [3.05, 3.63) is 23.2 Å². The molecule has 0 unspecified atom stereocenters. The lowest BCUT2D eigenvalue weighted by atomic mass is 9.87. The molecule has 0 saturated heterocycles. The van der Waals surface area contributed by atoms with Crippen molar-refractivity contribution < 1.29 is 19.4 Å². The Bertz CT molecular complexity index is 384. The van der Waals surface area contributed by atoms with E-state index >= 15 is 0 Å². The highest BCUT2D eigenvalue weighted by Crippen LogP contribution is 2.31. The molecular formula is C12H18O4. The van der Waals surface area contributed by atoms with Gasteiger partial charge in [0.15, 0.2) is 0 Å². The normalized spacial score (nSPS) is 13.8. The molecule has 0 aliphatic rings. The fourth-order valence-electron chi connectivity index (χ4n) is 1.49. The van der Waals surface area contributed by atoms with Crippen LogP contribution in [0.5, 0.6) is 0 Å². The molecule has 0 spiro atoms. The Balaban J connectivity index is 3.26. The molecule has 0 bridgehead atoms. The molecule has 1 atom stereocenters. The van der Waals surface area contributed by atoms with Crippen molar-refractivity contribution in [2.24, 2.45) is 0 Å². The summed E-state index contributed by atoms with van der Waals surface area (Å²) in [5.74, 6) is -0.848. The summed E-state index contributed by atoms with van der Waals surface area (Å²) in [6, 6.07) is 1.64. The summed E-state index contributed by atoms with van der Waals surface area (Å²) in [4.78, 5) is 11.0. The second-order valence-electron chi connectivity index (χ2n) is 4.87. The van der Waals surface area contributed by atoms with E-state index in [2.05, 4.69) is 0 Å². The summed E-state index contributed by atoms with van der Waals surface area (Å²) >= 11 is 0. The quantitative estimate of drug-likeness (QED) is 0.831. The van der Waals surface area contributed by atoms with Gasteiger partial charge in [0.25, 0.3) is 0 Å². The van der Waals surface area contributed by atoms with Crippen molar-refractivity contribution >= 4 is 5.97 Å². The van der Waals surface area contributed by atoms with E-state index in [-0.39, 0.29) is 11.2 Å². The SMILES string of the molecule is CC[C@H](O)c1cc(C(C)(C)C)c(C(=O)O)o1. The topological polar surface area (TPSA) is 70.7 Å². The molecule has 2 N–H and O–H groups in total. The van der Waals surface area contributed by atoms with E-state index in [1.807, 2.05) is 27.7 Å². The summed E-state index contributed by atoms with van der Waals surface area (Å²) in [6.45, 7) is 7.54. The van der Waals surface area contributed by atoms with Crippen LogP contribution in [0.3, 0.4) is 0 Å². The fourth-order valence-corrected chi connectivity index (χ4v) is 1.49. The summed E-state index contributed by atoms with van der Waals surface area (Å²) < 4.78 is 5.21. The van der Waals surface area contributed by atoms with E-state index in [0.29, 0.717) is 17.7 Å². The second kappa shape index (κ2) is 4.29. The highest BCUT2D eigenvalue weighted by Gasteiger charge is 2.28. The minimum atomic E-state index is -1.10. The van der Waals surface area contributed by atoms with Crippen LogP contribution < -0.4 is 0 Å². The van der Waals surface area contributed by atoms with Gasteiger partial charge in [0.05, 0.1) is 0 Å². The van der Waals surface area contributed by atoms with Gasteiger partial charge >= 0.3 is 5.97 Å². The van der Waals surface area contributed by atoms with Gasteiger partial charge in [-0.25, -0.2) is 4.79 Å². The molecule has 4 heteroatoms. The molecule has 90 valence electrons. The smallest absolute Gasteiger partial charge is 0.372 e. The van der Waals surface area contributed by atoms with Crippen molar-refractivity contribution in [2.75, 3.05) is 0 Å². The molecule has 1 aromatic heterocycles. The summed E-state index contributed by atoms with van der Waals surface area (Å²) in [5.41, 5.74) is 0.297. The molecule has 1 aromatic rings. The van der Waals surface area contributed by atoms with Gasteiger partial charge in [0.2, 0.25) is 5.76 Å². The Morgan fingerprint density at radius 1 is 1.50 bits per heavy atom. The monoisotopic (exact) mass is 226 g/mol. The number of carboxylic acids is 1. The third-order valence-corrected chi connectivity index (χ3v) is 2.47. The Labute approximate surface area is 94.9 Å². The molecule has 0 radical (unpaired) electrons. The largest absolute Gasteiger partial charge is 0.475 e. The van der Waals surface area contributed by atoms with Gasteiger partial charge in [-0.2, -0.15) is 0 Å². The van der Waals surface area contributed by atoms with Crippen LogP contribution in [0.2, 0.25) is 0 Å². The first-order valence-corrected chi connectivity index (χ1v) is 5.33. The lowest BCUT2D eigenvalue weighted by molar-refractivity contribution is 0.0647.